The van der Waals surface area contributed by atoms with Gasteiger partial charge in [-0.3, -0.25) is 0 Å². The van der Waals surface area contributed by atoms with Crippen molar-refractivity contribution in [2.24, 2.45) is 0 Å². The topological polar surface area (TPSA) is 23.5 Å². The molecule has 0 radical (unpaired) electrons. The van der Waals surface area contributed by atoms with Gasteiger partial charge in [0.25, 0.3) is 0 Å². The Morgan fingerprint density at radius 1 is 1.37 bits per heavy atom. The van der Waals surface area contributed by atoms with E-state index in [-0.39, 0.29) is 5.82 Å². The van der Waals surface area contributed by atoms with E-state index in [1.807, 2.05) is 6.07 Å². The maximum Gasteiger partial charge on any atom is 0.126 e. The lowest BCUT2D eigenvalue weighted by Crippen LogP contribution is -2.30. The average Bonchev–Trinajstić information content (AvgIpc) is 2.92. The predicted octanol–water partition coefficient (Wildman–Crippen LogP) is 3.43. The van der Waals surface area contributed by atoms with E-state index in [2.05, 4.69) is 11.9 Å². The molecule has 0 aromatic heterocycles. The van der Waals surface area contributed by atoms with Gasteiger partial charge in [0.05, 0.1) is 6.10 Å². The van der Waals surface area contributed by atoms with Crippen molar-refractivity contribution in [1.29, 1.82) is 0 Å². The number of aliphatic hydroxyl groups is 1. The van der Waals surface area contributed by atoms with E-state index in [0.717, 1.165) is 6.54 Å². The molecule has 1 fully saturated rings. The lowest BCUT2D eigenvalue weighted by molar-refractivity contribution is 0.136. The Balaban J connectivity index is 1.86. The molecule has 0 bridgehead atoms. The van der Waals surface area contributed by atoms with Gasteiger partial charge in [-0.25, -0.2) is 4.39 Å². The fourth-order valence-electron chi connectivity index (χ4n) is 2.84. The molecule has 1 aliphatic carbocycles. The summed E-state index contributed by atoms with van der Waals surface area (Å²) in [4.78, 5) is 2.33. The molecule has 0 spiro atoms. The van der Waals surface area contributed by atoms with Gasteiger partial charge in [-0.15, -0.1) is 0 Å². The van der Waals surface area contributed by atoms with Crippen molar-refractivity contribution in [2.45, 2.75) is 51.2 Å². The maximum atomic E-state index is 13.5. The standard InChI is InChI=1S/C16H24FNO/c1-12-7-8-13(11-15(12)17)16(19)9-10-18(2)14-5-3-4-6-14/h7-8,11,14,16,19H,3-6,9-10H2,1-2H3. The molecule has 106 valence electrons. The first-order chi connectivity index (χ1) is 9.08. The first-order valence-electron chi connectivity index (χ1n) is 7.22. The molecule has 3 heteroatoms. The fraction of sp³-hybridized carbons (Fsp3) is 0.625. The van der Waals surface area contributed by atoms with E-state index in [1.54, 1.807) is 13.0 Å². The van der Waals surface area contributed by atoms with Crippen LogP contribution in [0.1, 0.15) is 49.3 Å². The molecule has 1 aliphatic rings. The highest BCUT2D eigenvalue weighted by molar-refractivity contribution is 5.24. The second-order valence-electron chi connectivity index (χ2n) is 5.73. The van der Waals surface area contributed by atoms with E-state index in [4.69, 9.17) is 0 Å². The summed E-state index contributed by atoms with van der Waals surface area (Å²) in [5, 5.41) is 10.1. The summed E-state index contributed by atoms with van der Waals surface area (Å²) < 4.78 is 13.5. The average molecular weight is 265 g/mol. The van der Waals surface area contributed by atoms with Gasteiger partial charge in [-0.1, -0.05) is 25.0 Å². The summed E-state index contributed by atoms with van der Waals surface area (Å²) in [6.07, 6.45) is 5.27. The van der Waals surface area contributed by atoms with Crippen molar-refractivity contribution in [3.05, 3.63) is 35.1 Å². The molecule has 0 aliphatic heterocycles. The Bertz CT molecular complexity index is 415. The van der Waals surface area contributed by atoms with Gasteiger partial charge >= 0.3 is 0 Å². The summed E-state index contributed by atoms with van der Waals surface area (Å²) in [6.45, 7) is 2.60. The lowest BCUT2D eigenvalue weighted by Gasteiger charge is -2.25. The first-order valence-corrected chi connectivity index (χ1v) is 7.22. The van der Waals surface area contributed by atoms with Crippen LogP contribution in [0, 0.1) is 12.7 Å². The normalized spacial score (nSPS) is 18.2. The van der Waals surface area contributed by atoms with Gasteiger partial charge in [0.15, 0.2) is 0 Å². The minimum absolute atomic E-state index is 0.235. The summed E-state index contributed by atoms with van der Waals surface area (Å²) in [7, 11) is 2.12. The lowest BCUT2D eigenvalue weighted by atomic mass is 10.0. The Kier molecular flexibility index (Phi) is 4.94. The van der Waals surface area contributed by atoms with E-state index in [9.17, 15) is 9.50 Å². The molecule has 2 rings (SSSR count). The van der Waals surface area contributed by atoms with Crippen molar-refractivity contribution in [1.82, 2.24) is 4.90 Å². The van der Waals surface area contributed by atoms with Gasteiger partial charge in [0, 0.05) is 12.6 Å². The van der Waals surface area contributed by atoms with Crippen LogP contribution in [0.3, 0.4) is 0 Å². The molecule has 2 nitrogen and oxygen atoms in total. The number of hydrogen-bond acceptors (Lipinski definition) is 2. The largest absolute Gasteiger partial charge is 0.388 e. The molecular weight excluding hydrogens is 241 g/mol. The Hall–Kier alpha value is -0.930. The van der Waals surface area contributed by atoms with Gasteiger partial charge in [0.1, 0.15) is 5.82 Å². The predicted molar refractivity (Wildman–Crippen MR) is 75.6 cm³/mol. The maximum absolute atomic E-state index is 13.5. The van der Waals surface area contributed by atoms with Gasteiger partial charge < -0.3 is 10.0 Å². The van der Waals surface area contributed by atoms with Crippen molar-refractivity contribution in [3.8, 4) is 0 Å². The fourth-order valence-corrected chi connectivity index (χ4v) is 2.84. The summed E-state index contributed by atoms with van der Waals surface area (Å²) >= 11 is 0. The van der Waals surface area contributed by atoms with E-state index in [1.165, 1.54) is 31.7 Å². The monoisotopic (exact) mass is 265 g/mol. The van der Waals surface area contributed by atoms with Crippen LogP contribution >= 0.6 is 0 Å². The van der Waals surface area contributed by atoms with Crippen LogP contribution in [0.5, 0.6) is 0 Å². The third kappa shape index (κ3) is 3.77. The molecular formula is C16H24FNO. The van der Waals surface area contributed by atoms with E-state index in [0.29, 0.717) is 23.6 Å². The third-order valence-corrected chi connectivity index (χ3v) is 4.28. The zero-order chi connectivity index (χ0) is 13.8. The van der Waals surface area contributed by atoms with Crippen LogP contribution in [0.25, 0.3) is 0 Å². The van der Waals surface area contributed by atoms with Crippen molar-refractivity contribution >= 4 is 0 Å². The molecule has 0 amide bonds. The molecule has 1 aromatic carbocycles. The number of halogens is 1. The highest BCUT2D eigenvalue weighted by atomic mass is 19.1. The van der Waals surface area contributed by atoms with Crippen LogP contribution in [0.15, 0.2) is 18.2 Å². The van der Waals surface area contributed by atoms with Crippen LogP contribution < -0.4 is 0 Å². The number of aliphatic hydroxyl groups excluding tert-OH is 1. The van der Waals surface area contributed by atoms with Gasteiger partial charge in [-0.05, 0) is 50.4 Å². The highest BCUT2D eigenvalue weighted by Gasteiger charge is 2.20. The number of hydrogen-bond donors (Lipinski definition) is 1. The Morgan fingerprint density at radius 3 is 2.68 bits per heavy atom. The zero-order valence-electron chi connectivity index (χ0n) is 11.9. The van der Waals surface area contributed by atoms with Crippen LogP contribution in [-0.2, 0) is 0 Å². The van der Waals surface area contributed by atoms with Gasteiger partial charge in [-0.2, -0.15) is 0 Å². The molecule has 19 heavy (non-hydrogen) atoms. The molecule has 0 heterocycles. The zero-order valence-corrected chi connectivity index (χ0v) is 11.9. The second-order valence-corrected chi connectivity index (χ2v) is 5.73. The van der Waals surface area contributed by atoms with Crippen molar-refractivity contribution in [2.75, 3.05) is 13.6 Å². The number of aryl methyl sites for hydroxylation is 1. The summed E-state index contributed by atoms with van der Waals surface area (Å²) in [6, 6.07) is 5.67. The quantitative estimate of drug-likeness (QED) is 0.881. The second kappa shape index (κ2) is 6.49. The van der Waals surface area contributed by atoms with Crippen molar-refractivity contribution < 1.29 is 9.50 Å². The van der Waals surface area contributed by atoms with Crippen molar-refractivity contribution in [3.63, 3.8) is 0 Å². The first kappa shape index (κ1) is 14.5. The van der Waals surface area contributed by atoms with Crippen LogP contribution in [0.2, 0.25) is 0 Å². The Labute approximate surface area is 115 Å². The molecule has 1 saturated carbocycles. The minimum Gasteiger partial charge on any atom is -0.388 e. The van der Waals surface area contributed by atoms with E-state index < -0.39 is 6.10 Å². The molecule has 1 aromatic rings. The smallest absolute Gasteiger partial charge is 0.126 e. The molecule has 1 N–H and O–H groups in total. The SMILES string of the molecule is Cc1ccc(C(O)CCN(C)C2CCCC2)cc1F. The molecule has 0 saturated heterocycles. The summed E-state index contributed by atoms with van der Waals surface area (Å²) in [5.41, 5.74) is 1.31. The molecule has 1 unspecified atom stereocenters. The minimum atomic E-state index is -0.570. The Morgan fingerprint density at radius 2 is 2.05 bits per heavy atom. The van der Waals surface area contributed by atoms with Crippen LogP contribution in [-0.4, -0.2) is 29.6 Å². The molecule has 1 atom stereocenters. The van der Waals surface area contributed by atoms with Crippen LogP contribution in [0.4, 0.5) is 4.39 Å². The number of benzene rings is 1. The highest BCUT2D eigenvalue weighted by Crippen LogP contribution is 2.24. The summed E-state index contributed by atoms with van der Waals surface area (Å²) in [5.74, 6) is -0.235. The van der Waals surface area contributed by atoms with Gasteiger partial charge in [0.2, 0.25) is 0 Å². The third-order valence-electron chi connectivity index (χ3n) is 4.28. The van der Waals surface area contributed by atoms with E-state index >= 15 is 0 Å². The number of rotatable bonds is 5. The number of nitrogens with zero attached hydrogens (tertiary/aromatic N) is 1.